The number of halogens is 2. The van der Waals surface area contributed by atoms with E-state index in [1.54, 1.807) is 18.0 Å². The summed E-state index contributed by atoms with van der Waals surface area (Å²) in [6.45, 7) is 0. The van der Waals surface area contributed by atoms with Crippen LogP contribution in [0.15, 0.2) is 12.3 Å². The van der Waals surface area contributed by atoms with Gasteiger partial charge in [-0.05, 0) is 17.9 Å². The van der Waals surface area contributed by atoms with Crippen molar-refractivity contribution in [2.45, 2.75) is 5.75 Å². The molecule has 0 aliphatic heterocycles. The van der Waals surface area contributed by atoms with Gasteiger partial charge in [-0.15, -0.1) is 0 Å². The Morgan fingerprint density at radius 3 is 2.82 bits per heavy atom. The number of thioether (sulfide) groups is 1. The molecule has 60 valence electrons. The number of rotatable bonds is 2. The summed E-state index contributed by atoms with van der Waals surface area (Å²) in [6, 6.07) is 1.84. The first-order valence-electron chi connectivity index (χ1n) is 3.03. The molecule has 0 fully saturated rings. The van der Waals surface area contributed by atoms with E-state index < -0.39 is 0 Å². The van der Waals surface area contributed by atoms with Crippen molar-refractivity contribution < 1.29 is 0 Å². The molecule has 0 bridgehead atoms. The molecule has 0 unspecified atom stereocenters. The first-order chi connectivity index (χ1) is 5.24. The third-order valence-corrected chi connectivity index (χ3v) is 2.47. The first kappa shape index (κ1) is 9.17. The van der Waals surface area contributed by atoms with Gasteiger partial charge in [0.1, 0.15) is 5.15 Å². The van der Waals surface area contributed by atoms with Crippen molar-refractivity contribution in [2.75, 3.05) is 6.26 Å². The van der Waals surface area contributed by atoms with Gasteiger partial charge in [-0.1, -0.05) is 23.2 Å². The van der Waals surface area contributed by atoms with E-state index in [4.69, 9.17) is 23.2 Å². The van der Waals surface area contributed by atoms with Crippen LogP contribution in [0.4, 0.5) is 0 Å². The van der Waals surface area contributed by atoms with Crippen LogP contribution < -0.4 is 0 Å². The van der Waals surface area contributed by atoms with E-state index in [1.807, 2.05) is 12.3 Å². The maximum atomic E-state index is 5.75. The molecule has 0 saturated heterocycles. The lowest BCUT2D eigenvalue weighted by Gasteiger charge is -1.98. The third kappa shape index (κ3) is 2.55. The summed E-state index contributed by atoms with van der Waals surface area (Å²) in [5.74, 6) is 0.921. The van der Waals surface area contributed by atoms with Gasteiger partial charge in [-0.3, -0.25) is 0 Å². The summed E-state index contributed by atoms with van der Waals surface area (Å²) < 4.78 is 0. The lowest BCUT2D eigenvalue weighted by atomic mass is 10.3. The number of hydrogen-bond donors (Lipinski definition) is 0. The van der Waals surface area contributed by atoms with Gasteiger partial charge in [0, 0.05) is 11.9 Å². The van der Waals surface area contributed by atoms with E-state index in [0.717, 1.165) is 11.3 Å². The van der Waals surface area contributed by atoms with E-state index in [2.05, 4.69) is 4.98 Å². The number of hydrogen-bond acceptors (Lipinski definition) is 2. The lowest BCUT2D eigenvalue weighted by Crippen LogP contribution is -1.83. The Hall–Kier alpha value is 0.0800. The summed E-state index contributed by atoms with van der Waals surface area (Å²) in [5, 5.41) is 0.898. The summed E-state index contributed by atoms with van der Waals surface area (Å²) in [7, 11) is 0. The van der Waals surface area contributed by atoms with Crippen molar-refractivity contribution in [3.05, 3.63) is 28.0 Å². The maximum absolute atomic E-state index is 5.75. The highest BCUT2D eigenvalue weighted by atomic mass is 35.5. The second-order valence-electron chi connectivity index (χ2n) is 2.05. The molecule has 1 aromatic rings. The van der Waals surface area contributed by atoms with Crippen LogP contribution in [-0.4, -0.2) is 11.2 Å². The smallest absolute Gasteiger partial charge is 0.147 e. The zero-order chi connectivity index (χ0) is 8.27. The Balaban J connectivity index is 2.86. The van der Waals surface area contributed by atoms with Crippen molar-refractivity contribution in [3.63, 3.8) is 0 Å². The number of aromatic nitrogens is 1. The van der Waals surface area contributed by atoms with Crippen molar-refractivity contribution in [1.82, 2.24) is 4.98 Å². The van der Waals surface area contributed by atoms with Gasteiger partial charge in [-0.2, -0.15) is 11.8 Å². The van der Waals surface area contributed by atoms with Crippen LogP contribution in [-0.2, 0) is 5.75 Å². The molecule has 0 aromatic carbocycles. The molecule has 1 rings (SSSR count). The van der Waals surface area contributed by atoms with Crippen molar-refractivity contribution in [3.8, 4) is 0 Å². The maximum Gasteiger partial charge on any atom is 0.147 e. The molecule has 0 amide bonds. The highest BCUT2D eigenvalue weighted by Gasteiger charge is 1.99. The SMILES string of the molecule is CSCc1cnc(Cl)c(Cl)c1. The predicted molar refractivity (Wildman–Crippen MR) is 51.5 cm³/mol. The molecule has 0 spiro atoms. The molecular weight excluding hydrogens is 201 g/mol. The topological polar surface area (TPSA) is 12.9 Å². The molecule has 11 heavy (non-hydrogen) atoms. The Bertz CT molecular complexity index is 252. The fourth-order valence-corrected chi connectivity index (χ4v) is 1.49. The second-order valence-corrected chi connectivity index (χ2v) is 3.68. The summed E-state index contributed by atoms with van der Waals surface area (Å²) in [6.07, 6.45) is 3.77. The van der Waals surface area contributed by atoms with Crippen LogP contribution >= 0.6 is 35.0 Å². The predicted octanol–water partition coefficient (Wildman–Crippen LogP) is 3.25. The van der Waals surface area contributed by atoms with Crippen LogP contribution in [0.5, 0.6) is 0 Å². The van der Waals surface area contributed by atoms with Gasteiger partial charge in [0.05, 0.1) is 5.02 Å². The summed E-state index contributed by atoms with van der Waals surface area (Å²) in [5.41, 5.74) is 1.10. The standard InChI is InChI=1S/C7H7Cl2NS/c1-11-4-5-2-6(8)7(9)10-3-5/h2-3H,4H2,1H3. The lowest BCUT2D eigenvalue weighted by molar-refractivity contribution is 1.25. The number of nitrogens with zero attached hydrogens (tertiary/aromatic N) is 1. The monoisotopic (exact) mass is 207 g/mol. The Morgan fingerprint density at radius 1 is 1.55 bits per heavy atom. The fraction of sp³-hybridized carbons (Fsp3) is 0.286. The minimum absolute atomic E-state index is 0.372. The van der Waals surface area contributed by atoms with Gasteiger partial charge in [-0.25, -0.2) is 4.98 Å². The summed E-state index contributed by atoms with van der Waals surface area (Å²) in [4.78, 5) is 3.92. The Labute approximate surface area is 80.1 Å². The second kappa shape index (κ2) is 4.19. The summed E-state index contributed by atoms with van der Waals surface area (Å²) >= 11 is 13.1. The minimum atomic E-state index is 0.372. The molecule has 0 atom stereocenters. The molecule has 0 radical (unpaired) electrons. The average Bonchev–Trinajstić information content (AvgIpc) is 1.98. The van der Waals surface area contributed by atoms with Crippen LogP contribution in [0, 0.1) is 0 Å². The molecule has 0 saturated carbocycles. The highest BCUT2D eigenvalue weighted by Crippen LogP contribution is 2.21. The highest BCUT2D eigenvalue weighted by molar-refractivity contribution is 7.97. The van der Waals surface area contributed by atoms with E-state index in [0.29, 0.717) is 10.2 Å². The van der Waals surface area contributed by atoms with Crippen LogP contribution in [0.1, 0.15) is 5.56 Å². The molecule has 1 heterocycles. The first-order valence-corrected chi connectivity index (χ1v) is 5.18. The van der Waals surface area contributed by atoms with E-state index in [1.165, 1.54) is 0 Å². The van der Waals surface area contributed by atoms with Gasteiger partial charge in [0.15, 0.2) is 0 Å². The van der Waals surface area contributed by atoms with Gasteiger partial charge in [0.2, 0.25) is 0 Å². The average molecular weight is 208 g/mol. The molecule has 4 heteroatoms. The largest absolute Gasteiger partial charge is 0.243 e. The molecule has 1 nitrogen and oxygen atoms in total. The van der Waals surface area contributed by atoms with E-state index in [9.17, 15) is 0 Å². The van der Waals surface area contributed by atoms with Crippen molar-refractivity contribution in [2.24, 2.45) is 0 Å². The normalized spacial score (nSPS) is 10.1. The van der Waals surface area contributed by atoms with Crippen molar-refractivity contribution in [1.29, 1.82) is 0 Å². The van der Waals surface area contributed by atoms with Crippen LogP contribution in [0.3, 0.4) is 0 Å². The zero-order valence-electron chi connectivity index (χ0n) is 5.97. The third-order valence-electron chi connectivity index (χ3n) is 1.16. The van der Waals surface area contributed by atoms with Crippen LogP contribution in [0.2, 0.25) is 10.2 Å². The van der Waals surface area contributed by atoms with Crippen molar-refractivity contribution >= 4 is 35.0 Å². The molecular formula is C7H7Cl2NS. The van der Waals surface area contributed by atoms with Crippen LogP contribution in [0.25, 0.3) is 0 Å². The zero-order valence-corrected chi connectivity index (χ0v) is 8.30. The molecule has 0 N–H and O–H groups in total. The van der Waals surface area contributed by atoms with Gasteiger partial charge < -0.3 is 0 Å². The fourth-order valence-electron chi connectivity index (χ4n) is 0.706. The molecule has 0 aliphatic rings. The number of pyridine rings is 1. The van der Waals surface area contributed by atoms with E-state index >= 15 is 0 Å². The molecule has 1 aromatic heterocycles. The molecule has 0 aliphatic carbocycles. The Kier molecular flexibility index (Phi) is 3.49. The quantitative estimate of drug-likeness (QED) is 0.692. The van der Waals surface area contributed by atoms with E-state index in [-0.39, 0.29) is 0 Å². The van der Waals surface area contributed by atoms with Gasteiger partial charge in [0.25, 0.3) is 0 Å². The van der Waals surface area contributed by atoms with Gasteiger partial charge >= 0.3 is 0 Å². The Morgan fingerprint density at radius 2 is 2.27 bits per heavy atom. The minimum Gasteiger partial charge on any atom is -0.243 e.